The summed E-state index contributed by atoms with van der Waals surface area (Å²) < 4.78 is 21.7. The molecule has 0 N–H and O–H groups in total. The molecule has 4 heteroatoms. The lowest BCUT2D eigenvalue weighted by molar-refractivity contribution is -0.145. The first-order valence-electron chi connectivity index (χ1n) is 1.61. The molecule has 0 unspecified atom stereocenters. The minimum atomic E-state index is -2.79. The highest BCUT2D eigenvalue weighted by atomic mass is 19.3. The number of hydrogen-bond donors (Lipinski definition) is 0. The molecule has 0 aromatic rings. The van der Waals surface area contributed by atoms with Crippen LogP contribution in [0.1, 0.15) is 6.42 Å². The summed E-state index contributed by atoms with van der Waals surface area (Å²) in [6.45, 7) is 0. The molecule has 2 nitrogen and oxygen atoms in total. The van der Waals surface area contributed by atoms with Gasteiger partial charge < -0.3 is 0 Å². The lowest BCUT2D eigenvalue weighted by Crippen LogP contribution is -1.99. The minimum absolute atomic E-state index is 1.17. The second-order valence-corrected chi connectivity index (χ2v) is 0.967. The highest BCUT2D eigenvalue weighted by molar-refractivity contribution is 5.66. The van der Waals surface area contributed by atoms with Gasteiger partial charge in [-0.1, -0.05) is 0 Å². The molecule has 0 aliphatic heterocycles. The van der Waals surface area contributed by atoms with Crippen LogP contribution in [0.5, 0.6) is 0 Å². The smallest absolute Gasteiger partial charge is 0.247 e. The quantitative estimate of drug-likeness (QED) is 0.511. The fourth-order valence-electron chi connectivity index (χ4n) is 0.126. The van der Waals surface area contributed by atoms with Gasteiger partial charge in [-0.05, 0) is 0 Å². The van der Waals surface area contributed by atoms with E-state index in [4.69, 9.17) is 0 Å². The molecule has 0 fully saturated rings. The van der Waals surface area contributed by atoms with Gasteiger partial charge in [0.2, 0.25) is 6.43 Å². The molecule has 0 aliphatic rings. The van der Waals surface area contributed by atoms with Crippen molar-refractivity contribution in [2.75, 3.05) is 0 Å². The van der Waals surface area contributed by atoms with E-state index in [1.54, 1.807) is 0 Å². The first kappa shape index (κ1) is 6.33. The maximum Gasteiger partial charge on any atom is 0.361 e. The van der Waals surface area contributed by atoms with E-state index in [1.807, 2.05) is 0 Å². The van der Waals surface area contributed by atoms with Crippen molar-refractivity contribution in [2.24, 2.45) is 0 Å². The molecule has 0 saturated carbocycles. The Bertz CT molecular complexity index is 71.3. The summed E-state index contributed by atoms with van der Waals surface area (Å²) in [6.07, 6.45) is -3.95. The topological polar surface area (TPSA) is 37.0 Å². The molecule has 0 aliphatic carbocycles. The lowest BCUT2D eigenvalue weighted by atomic mass is 10.5. The first-order valence-corrected chi connectivity index (χ1v) is 1.61. The zero-order valence-electron chi connectivity index (χ0n) is 3.36. The third kappa shape index (κ3) is 5.33. The predicted molar refractivity (Wildman–Crippen MR) is 16.3 cm³/mol. The molecule has 0 bridgehead atoms. The number of halogens is 2. The average molecular weight is 109 g/mol. The van der Waals surface area contributed by atoms with E-state index in [9.17, 15) is 18.7 Å². The van der Waals surface area contributed by atoms with E-state index in [0.29, 0.717) is 0 Å². The van der Waals surface area contributed by atoms with Crippen molar-refractivity contribution in [1.29, 1.82) is 0 Å². The lowest BCUT2D eigenvalue weighted by Gasteiger charge is -1.84. The van der Waals surface area contributed by atoms with Crippen molar-refractivity contribution in [3.63, 3.8) is 0 Å². The van der Waals surface area contributed by atoms with Crippen LogP contribution < -0.4 is 0 Å². The van der Waals surface area contributed by atoms with Gasteiger partial charge >= 0.3 is 5.97 Å². The van der Waals surface area contributed by atoms with Crippen molar-refractivity contribution in [2.45, 2.75) is 12.8 Å². The third-order valence-electron chi connectivity index (χ3n) is 0.321. The van der Waals surface area contributed by atoms with Crippen molar-refractivity contribution in [3.8, 4) is 0 Å². The van der Waals surface area contributed by atoms with E-state index in [1.165, 1.54) is 0 Å². The number of rotatable bonds is 2. The Morgan fingerprint density at radius 3 is 2.00 bits per heavy atom. The molecule has 0 saturated heterocycles. The van der Waals surface area contributed by atoms with Crippen LogP contribution in [-0.4, -0.2) is 12.4 Å². The van der Waals surface area contributed by atoms with Gasteiger partial charge in [0.1, 0.15) is 6.42 Å². The van der Waals surface area contributed by atoms with Crippen LogP contribution in [0.2, 0.25) is 0 Å². The van der Waals surface area contributed by atoms with Crippen LogP contribution in [0.25, 0.3) is 0 Å². The Kier molecular flexibility index (Phi) is 2.26. The summed E-state index contributed by atoms with van der Waals surface area (Å²) in [5.41, 5.74) is 0. The van der Waals surface area contributed by atoms with Gasteiger partial charge in [0.05, 0.1) is 0 Å². The monoisotopic (exact) mass is 109 g/mol. The van der Waals surface area contributed by atoms with Crippen LogP contribution >= 0.6 is 0 Å². The molecule has 1 radical (unpaired) electrons. The second kappa shape index (κ2) is 2.49. The van der Waals surface area contributed by atoms with Gasteiger partial charge in [0.15, 0.2) is 0 Å². The fourth-order valence-corrected chi connectivity index (χ4v) is 0.126. The number of alkyl halides is 2. The van der Waals surface area contributed by atoms with Gasteiger partial charge in [0, 0.05) is 0 Å². The molecule has 0 spiro atoms. The Balaban J connectivity index is 3.13. The zero-order valence-corrected chi connectivity index (χ0v) is 3.36. The number of carbonyl (C=O) groups excluding carboxylic acids is 1. The van der Waals surface area contributed by atoms with Crippen LogP contribution in [0.15, 0.2) is 0 Å². The van der Waals surface area contributed by atoms with Gasteiger partial charge in [0.25, 0.3) is 0 Å². The first-order chi connectivity index (χ1) is 3.13. The van der Waals surface area contributed by atoms with Gasteiger partial charge in [-0.3, -0.25) is 0 Å². The highest BCUT2D eigenvalue weighted by Crippen LogP contribution is 1.96. The second-order valence-electron chi connectivity index (χ2n) is 0.967. The van der Waals surface area contributed by atoms with E-state index < -0.39 is 18.8 Å². The largest absolute Gasteiger partial charge is 0.361 e. The Morgan fingerprint density at radius 1 is 1.57 bits per heavy atom. The van der Waals surface area contributed by atoms with Crippen molar-refractivity contribution >= 4 is 5.97 Å². The summed E-state index contributed by atoms with van der Waals surface area (Å²) >= 11 is 0. The molecule has 0 aromatic carbocycles. The summed E-state index contributed by atoms with van der Waals surface area (Å²) in [7, 11) is 0. The molecule has 0 rings (SSSR count). The maximum atomic E-state index is 10.9. The average Bonchev–Trinajstić information content (AvgIpc) is 1.27. The predicted octanol–water partition coefficient (Wildman–Crippen LogP) is 0.599. The van der Waals surface area contributed by atoms with Gasteiger partial charge in [-0.15, -0.1) is 0 Å². The zero-order chi connectivity index (χ0) is 5.86. The minimum Gasteiger partial charge on any atom is -0.247 e. The summed E-state index contributed by atoms with van der Waals surface area (Å²) in [5, 5.41) is 9.22. The third-order valence-corrected chi connectivity index (χ3v) is 0.321. The number of hydrogen-bond acceptors (Lipinski definition) is 1. The summed E-state index contributed by atoms with van der Waals surface area (Å²) in [4.78, 5) is 9.22. The summed E-state index contributed by atoms with van der Waals surface area (Å²) in [5.74, 6) is -1.71. The van der Waals surface area contributed by atoms with E-state index in [0.717, 1.165) is 0 Å². The molecule has 7 heavy (non-hydrogen) atoms. The molecule has 0 heterocycles. The molecular weight excluding hydrogens is 106 g/mol. The van der Waals surface area contributed by atoms with E-state index in [-0.39, 0.29) is 0 Å². The number of carbonyl (C=O) groups is 1. The van der Waals surface area contributed by atoms with Crippen molar-refractivity contribution in [1.82, 2.24) is 0 Å². The SMILES string of the molecule is [O]C(=O)CC(F)F. The van der Waals surface area contributed by atoms with E-state index in [2.05, 4.69) is 0 Å². The standard InChI is InChI=1S/C3H3F2O2/c4-2(5)1-3(6)7/h2H,1H2. The van der Waals surface area contributed by atoms with Crippen molar-refractivity contribution < 1.29 is 18.7 Å². The highest BCUT2D eigenvalue weighted by Gasteiger charge is 2.08. The normalized spacial score (nSPS) is 9.57. The van der Waals surface area contributed by atoms with Gasteiger partial charge in [-0.25, -0.2) is 18.7 Å². The maximum absolute atomic E-state index is 10.9. The summed E-state index contributed by atoms with van der Waals surface area (Å²) in [6, 6.07) is 0. The van der Waals surface area contributed by atoms with Crippen LogP contribution in [0.4, 0.5) is 8.78 Å². The van der Waals surface area contributed by atoms with Crippen molar-refractivity contribution in [3.05, 3.63) is 0 Å². The molecule has 0 amide bonds. The van der Waals surface area contributed by atoms with E-state index >= 15 is 0 Å². The van der Waals surface area contributed by atoms with Crippen LogP contribution in [-0.2, 0) is 9.90 Å². The Hall–Kier alpha value is -0.670. The van der Waals surface area contributed by atoms with Crippen LogP contribution in [0, 0.1) is 0 Å². The molecule has 0 aromatic heterocycles. The molecular formula is C3H3F2O2. The Labute approximate surface area is 38.8 Å². The van der Waals surface area contributed by atoms with Crippen LogP contribution in [0.3, 0.4) is 0 Å². The fraction of sp³-hybridized carbons (Fsp3) is 0.667. The molecule has 41 valence electrons. The Morgan fingerprint density at radius 2 is 2.00 bits per heavy atom. The van der Waals surface area contributed by atoms with Gasteiger partial charge in [-0.2, -0.15) is 0 Å². The molecule has 0 atom stereocenters.